The molecular formula is C26H27FO3. The Labute approximate surface area is 176 Å². The SMILES string of the molecule is C[C@]12CC[C@@H]3c4ccc(OC(F)C(=O)c5ccccc5)cc4CC[C@H]3[C@@H]1CCC2=O. The standard InChI is InChI=1S/C26H27FO3/c1-26-14-13-20-19-10-8-18(30-25(27)24(29)16-5-3-2-4-6-16)15-17(19)7-9-21(20)22(26)11-12-23(26)28/h2-6,8,10,15,20-22,25H,7,9,11-14H2,1H3/t20-,21-,22+,25?,26+/m1/s1. The second-order valence-electron chi connectivity index (χ2n) is 9.36. The Balaban J connectivity index is 1.34. The number of carbonyl (C=O) groups is 2. The van der Waals surface area contributed by atoms with E-state index in [0.29, 0.717) is 34.8 Å². The number of fused-ring (bicyclic) bond motifs is 5. The van der Waals surface area contributed by atoms with Crippen LogP contribution < -0.4 is 4.74 Å². The van der Waals surface area contributed by atoms with Gasteiger partial charge in [-0.25, -0.2) is 0 Å². The lowest BCUT2D eigenvalue weighted by Gasteiger charge is -2.48. The minimum atomic E-state index is -2.01. The van der Waals surface area contributed by atoms with Crippen LogP contribution in [0.4, 0.5) is 4.39 Å². The third kappa shape index (κ3) is 3.08. The molecule has 4 heteroatoms. The molecule has 2 fully saturated rings. The number of benzene rings is 2. The number of alkyl halides is 1. The van der Waals surface area contributed by atoms with Gasteiger partial charge >= 0.3 is 6.36 Å². The molecule has 0 N–H and O–H groups in total. The fourth-order valence-electron chi connectivity index (χ4n) is 6.31. The van der Waals surface area contributed by atoms with E-state index in [1.54, 1.807) is 36.4 Å². The number of Topliss-reactive ketones (excluding diaryl/α,β-unsaturated/α-hetero) is 2. The molecule has 30 heavy (non-hydrogen) atoms. The molecule has 5 rings (SSSR count). The largest absolute Gasteiger partial charge is 0.453 e. The van der Waals surface area contributed by atoms with Crippen LogP contribution in [0.25, 0.3) is 0 Å². The van der Waals surface area contributed by atoms with E-state index in [-0.39, 0.29) is 5.41 Å². The highest BCUT2D eigenvalue weighted by Gasteiger charge is 2.54. The van der Waals surface area contributed by atoms with Gasteiger partial charge in [-0.3, -0.25) is 9.59 Å². The van der Waals surface area contributed by atoms with Crippen molar-refractivity contribution in [1.82, 2.24) is 0 Å². The minimum absolute atomic E-state index is 0.124. The summed E-state index contributed by atoms with van der Waals surface area (Å²) in [5.41, 5.74) is 2.70. The molecule has 1 unspecified atom stereocenters. The van der Waals surface area contributed by atoms with Crippen LogP contribution in [0.2, 0.25) is 0 Å². The van der Waals surface area contributed by atoms with E-state index in [2.05, 4.69) is 13.0 Å². The Morgan fingerprint density at radius 3 is 2.70 bits per heavy atom. The summed E-state index contributed by atoms with van der Waals surface area (Å²) in [6.45, 7) is 2.18. The molecule has 5 atom stereocenters. The van der Waals surface area contributed by atoms with E-state index in [1.165, 1.54) is 11.1 Å². The summed E-state index contributed by atoms with van der Waals surface area (Å²) < 4.78 is 19.9. The zero-order valence-electron chi connectivity index (χ0n) is 17.3. The number of carbonyl (C=O) groups excluding carboxylic acids is 2. The first-order valence-electron chi connectivity index (χ1n) is 11.0. The van der Waals surface area contributed by atoms with Gasteiger partial charge in [-0.05, 0) is 73.1 Å². The van der Waals surface area contributed by atoms with E-state index in [0.717, 1.165) is 38.5 Å². The number of rotatable bonds is 4. The molecule has 0 saturated heterocycles. The number of hydrogen-bond acceptors (Lipinski definition) is 3. The number of ketones is 2. The van der Waals surface area contributed by atoms with Crippen molar-refractivity contribution in [2.24, 2.45) is 17.3 Å². The van der Waals surface area contributed by atoms with Crippen molar-refractivity contribution in [3.63, 3.8) is 0 Å². The van der Waals surface area contributed by atoms with E-state index in [9.17, 15) is 14.0 Å². The van der Waals surface area contributed by atoms with Crippen LogP contribution in [0.1, 0.15) is 66.4 Å². The third-order valence-corrected chi connectivity index (χ3v) is 7.91. The van der Waals surface area contributed by atoms with Crippen LogP contribution >= 0.6 is 0 Å². The molecule has 0 heterocycles. The van der Waals surface area contributed by atoms with Crippen LogP contribution in [0.15, 0.2) is 48.5 Å². The van der Waals surface area contributed by atoms with Crippen molar-refractivity contribution in [1.29, 1.82) is 0 Å². The van der Waals surface area contributed by atoms with Gasteiger partial charge in [0.2, 0.25) is 5.78 Å². The maximum atomic E-state index is 14.5. The van der Waals surface area contributed by atoms with Crippen LogP contribution in [-0.4, -0.2) is 17.9 Å². The van der Waals surface area contributed by atoms with Gasteiger partial charge in [0.15, 0.2) is 0 Å². The first-order valence-corrected chi connectivity index (χ1v) is 11.0. The predicted molar refractivity (Wildman–Crippen MR) is 112 cm³/mol. The molecular weight excluding hydrogens is 379 g/mol. The summed E-state index contributed by atoms with van der Waals surface area (Å²) in [7, 11) is 0. The molecule has 2 saturated carbocycles. The highest BCUT2D eigenvalue weighted by Crippen LogP contribution is 2.59. The lowest BCUT2D eigenvalue weighted by Crippen LogP contribution is -2.42. The zero-order valence-corrected chi connectivity index (χ0v) is 17.3. The number of aryl methyl sites for hydroxylation is 1. The molecule has 0 amide bonds. The summed E-state index contributed by atoms with van der Waals surface area (Å²) in [4.78, 5) is 24.7. The van der Waals surface area contributed by atoms with Crippen molar-refractivity contribution in [2.45, 2.75) is 57.7 Å². The quantitative estimate of drug-likeness (QED) is 0.615. The highest BCUT2D eigenvalue weighted by atomic mass is 19.1. The van der Waals surface area contributed by atoms with Crippen molar-refractivity contribution >= 4 is 11.6 Å². The van der Waals surface area contributed by atoms with E-state index in [1.807, 2.05) is 6.07 Å². The van der Waals surface area contributed by atoms with Crippen LogP contribution in [-0.2, 0) is 11.2 Å². The normalized spacial score (nSPS) is 30.7. The van der Waals surface area contributed by atoms with Crippen LogP contribution in [0.5, 0.6) is 5.75 Å². The molecule has 156 valence electrons. The highest BCUT2D eigenvalue weighted by molar-refractivity contribution is 5.98. The van der Waals surface area contributed by atoms with Gasteiger partial charge < -0.3 is 4.74 Å². The first kappa shape index (κ1) is 19.5. The lowest BCUT2D eigenvalue weighted by molar-refractivity contribution is -0.129. The molecule has 2 aromatic carbocycles. The maximum Gasteiger partial charge on any atom is 0.301 e. The van der Waals surface area contributed by atoms with E-state index < -0.39 is 12.1 Å². The van der Waals surface area contributed by atoms with Crippen molar-refractivity contribution in [3.05, 3.63) is 65.2 Å². The minimum Gasteiger partial charge on any atom is -0.453 e. The summed E-state index contributed by atoms with van der Waals surface area (Å²) in [6, 6.07) is 14.2. The van der Waals surface area contributed by atoms with Gasteiger partial charge in [0.05, 0.1) is 0 Å². The second kappa shape index (κ2) is 7.33. The molecule has 3 aliphatic rings. The third-order valence-electron chi connectivity index (χ3n) is 7.91. The number of hydrogen-bond donors (Lipinski definition) is 0. The van der Waals surface area contributed by atoms with Gasteiger partial charge in [-0.1, -0.05) is 43.3 Å². The summed E-state index contributed by atoms with van der Waals surface area (Å²) in [6.07, 6.45) is 3.73. The van der Waals surface area contributed by atoms with Crippen LogP contribution in [0.3, 0.4) is 0 Å². The molecule has 0 aliphatic heterocycles. The Kier molecular flexibility index (Phi) is 4.76. The first-order chi connectivity index (χ1) is 14.5. The molecule has 3 aliphatic carbocycles. The topological polar surface area (TPSA) is 43.4 Å². The van der Waals surface area contributed by atoms with E-state index >= 15 is 0 Å². The van der Waals surface area contributed by atoms with Crippen molar-refractivity contribution in [3.8, 4) is 5.75 Å². The van der Waals surface area contributed by atoms with Gasteiger partial charge in [0, 0.05) is 17.4 Å². The van der Waals surface area contributed by atoms with Gasteiger partial charge in [-0.15, -0.1) is 0 Å². The second-order valence-corrected chi connectivity index (χ2v) is 9.36. The van der Waals surface area contributed by atoms with E-state index in [4.69, 9.17) is 4.74 Å². The Hall–Kier alpha value is -2.49. The molecule has 2 aromatic rings. The molecule has 0 aromatic heterocycles. The van der Waals surface area contributed by atoms with Gasteiger partial charge in [0.25, 0.3) is 0 Å². The molecule has 0 spiro atoms. The smallest absolute Gasteiger partial charge is 0.301 e. The fourth-order valence-corrected chi connectivity index (χ4v) is 6.31. The van der Waals surface area contributed by atoms with Crippen LogP contribution in [0, 0.1) is 17.3 Å². The summed E-state index contributed by atoms with van der Waals surface area (Å²) in [5, 5.41) is 0. The van der Waals surface area contributed by atoms with Crippen molar-refractivity contribution in [2.75, 3.05) is 0 Å². The molecule has 0 radical (unpaired) electrons. The lowest BCUT2D eigenvalue weighted by atomic mass is 9.55. The Morgan fingerprint density at radius 2 is 1.90 bits per heavy atom. The average Bonchev–Trinajstić information content (AvgIpc) is 3.08. The monoisotopic (exact) mass is 406 g/mol. The number of ether oxygens (including phenoxy) is 1. The Morgan fingerprint density at radius 1 is 1.10 bits per heavy atom. The molecule has 0 bridgehead atoms. The van der Waals surface area contributed by atoms with Gasteiger partial charge in [-0.2, -0.15) is 4.39 Å². The number of halogens is 1. The zero-order chi connectivity index (χ0) is 20.9. The predicted octanol–water partition coefficient (Wildman–Crippen LogP) is 5.67. The summed E-state index contributed by atoms with van der Waals surface area (Å²) >= 11 is 0. The van der Waals surface area contributed by atoms with Crippen molar-refractivity contribution < 1.29 is 18.7 Å². The maximum absolute atomic E-state index is 14.5. The summed E-state index contributed by atoms with van der Waals surface area (Å²) in [5.74, 6) is 1.72. The molecule has 3 nitrogen and oxygen atoms in total. The van der Waals surface area contributed by atoms with Gasteiger partial charge in [0.1, 0.15) is 11.5 Å². The average molecular weight is 406 g/mol. The Bertz CT molecular complexity index is 985. The fraction of sp³-hybridized carbons (Fsp3) is 0.462.